The Kier molecular flexibility index (Phi) is 5.07. The van der Waals surface area contributed by atoms with Crippen LogP contribution >= 0.6 is 11.3 Å². The van der Waals surface area contributed by atoms with E-state index in [0.717, 1.165) is 16.6 Å². The first kappa shape index (κ1) is 19.0. The number of aromatic nitrogens is 1. The molecule has 0 atom stereocenters. The van der Waals surface area contributed by atoms with Crippen LogP contribution < -0.4 is 10.9 Å². The number of non-ortho nitro benzene ring substituents is 1. The molecule has 0 aliphatic carbocycles. The van der Waals surface area contributed by atoms with Gasteiger partial charge in [-0.05, 0) is 36.4 Å². The number of thiazole rings is 1. The molecule has 0 aliphatic rings. The Bertz CT molecular complexity index is 1380. The second-order valence-electron chi connectivity index (χ2n) is 6.16. The Morgan fingerprint density at radius 2 is 2.00 bits per heavy atom. The van der Waals surface area contributed by atoms with E-state index in [2.05, 4.69) is 16.4 Å². The Labute approximate surface area is 173 Å². The largest absolute Gasteiger partial charge is 0.423 e. The van der Waals surface area contributed by atoms with Crippen molar-refractivity contribution in [3.05, 3.63) is 91.7 Å². The van der Waals surface area contributed by atoms with E-state index >= 15 is 0 Å². The normalized spacial score (nSPS) is 11.2. The Balaban J connectivity index is 1.56. The smallest absolute Gasteiger partial charge is 0.336 e. The first-order valence-electron chi connectivity index (χ1n) is 8.65. The van der Waals surface area contributed by atoms with Crippen molar-refractivity contribution in [3.63, 3.8) is 0 Å². The highest BCUT2D eigenvalue weighted by atomic mass is 32.1. The maximum Gasteiger partial charge on any atom is 0.336 e. The van der Waals surface area contributed by atoms with Crippen LogP contribution in [0.25, 0.3) is 27.8 Å². The van der Waals surface area contributed by atoms with E-state index < -0.39 is 10.5 Å². The molecule has 4 rings (SSSR count). The maximum absolute atomic E-state index is 11.3. The van der Waals surface area contributed by atoms with Crippen LogP contribution in [0, 0.1) is 21.4 Å². The molecule has 4 aromatic rings. The second-order valence-corrected chi connectivity index (χ2v) is 7.02. The van der Waals surface area contributed by atoms with Gasteiger partial charge in [-0.25, -0.2) is 9.78 Å². The molecular weight excluding hydrogens is 404 g/mol. The third-order valence-electron chi connectivity index (χ3n) is 4.23. The second kappa shape index (κ2) is 7.98. The van der Waals surface area contributed by atoms with Gasteiger partial charge in [-0.2, -0.15) is 5.26 Å². The van der Waals surface area contributed by atoms with Crippen LogP contribution in [0.5, 0.6) is 0 Å². The molecule has 1 N–H and O–H groups in total. The van der Waals surface area contributed by atoms with Crippen molar-refractivity contribution in [3.8, 4) is 17.3 Å². The van der Waals surface area contributed by atoms with Gasteiger partial charge in [0.25, 0.3) is 5.69 Å². The molecule has 8 nitrogen and oxygen atoms in total. The number of nitro groups is 1. The van der Waals surface area contributed by atoms with Gasteiger partial charge in [-0.1, -0.05) is 0 Å². The van der Waals surface area contributed by atoms with Crippen molar-refractivity contribution in [2.75, 3.05) is 5.32 Å². The number of nitriles is 1. The molecule has 0 saturated carbocycles. The van der Waals surface area contributed by atoms with Crippen LogP contribution in [0.15, 0.2) is 75.4 Å². The molecule has 30 heavy (non-hydrogen) atoms. The van der Waals surface area contributed by atoms with E-state index in [1.165, 1.54) is 29.5 Å². The minimum absolute atomic E-state index is 0.00525. The van der Waals surface area contributed by atoms with Crippen molar-refractivity contribution in [2.45, 2.75) is 0 Å². The summed E-state index contributed by atoms with van der Waals surface area (Å²) in [6, 6.07) is 16.4. The van der Waals surface area contributed by atoms with Gasteiger partial charge < -0.3 is 9.73 Å². The van der Waals surface area contributed by atoms with Crippen LogP contribution in [0.4, 0.5) is 11.4 Å². The van der Waals surface area contributed by atoms with Crippen LogP contribution in [0.2, 0.25) is 0 Å². The molecular formula is C21H12N4O4S. The summed E-state index contributed by atoms with van der Waals surface area (Å²) in [4.78, 5) is 26.1. The molecule has 2 aromatic heterocycles. The number of nitrogens with zero attached hydrogens (tertiary/aromatic N) is 3. The zero-order valence-electron chi connectivity index (χ0n) is 15.2. The molecule has 2 aromatic carbocycles. The summed E-state index contributed by atoms with van der Waals surface area (Å²) in [5, 5.41) is 26.4. The summed E-state index contributed by atoms with van der Waals surface area (Å²) in [6.07, 6.45) is 1.55. The standard InChI is InChI=1S/C21H12N4O4S/c22-10-15(11-23-16-4-7-19-14(9-16)3-8-20(26)29-19)21-24-18(12-30-21)13-1-5-17(6-2-13)25(27)28/h1-9,11-12,23H. The van der Waals surface area contributed by atoms with Gasteiger partial charge in [0.2, 0.25) is 0 Å². The molecule has 0 saturated heterocycles. The van der Waals surface area contributed by atoms with Crippen LogP contribution in [0.3, 0.4) is 0 Å². The first-order chi connectivity index (χ1) is 14.5. The highest BCUT2D eigenvalue weighted by molar-refractivity contribution is 7.11. The van der Waals surface area contributed by atoms with Gasteiger partial charge in [0.15, 0.2) is 0 Å². The molecule has 0 unspecified atom stereocenters. The Morgan fingerprint density at radius 3 is 2.73 bits per heavy atom. The number of allylic oxidation sites excluding steroid dienone is 1. The topological polar surface area (TPSA) is 122 Å². The van der Waals surface area contributed by atoms with Crippen molar-refractivity contribution in [1.82, 2.24) is 4.98 Å². The first-order valence-corrected chi connectivity index (χ1v) is 9.53. The Hall–Kier alpha value is -4.29. The number of fused-ring (bicyclic) bond motifs is 1. The summed E-state index contributed by atoms with van der Waals surface area (Å²) in [6.45, 7) is 0. The molecule has 0 spiro atoms. The Morgan fingerprint density at radius 1 is 1.20 bits per heavy atom. The summed E-state index contributed by atoms with van der Waals surface area (Å²) in [5.74, 6) is 0. The van der Waals surface area contributed by atoms with Crippen molar-refractivity contribution < 1.29 is 9.34 Å². The molecule has 146 valence electrons. The fourth-order valence-corrected chi connectivity index (χ4v) is 3.54. The van der Waals surface area contributed by atoms with Crippen LogP contribution in [-0.4, -0.2) is 9.91 Å². The molecule has 0 amide bonds. The molecule has 0 aliphatic heterocycles. The van der Waals surface area contributed by atoms with Gasteiger partial charge in [0.1, 0.15) is 22.2 Å². The highest BCUT2D eigenvalue weighted by Gasteiger charge is 2.11. The van der Waals surface area contributed by atoms with Gasteiger partial charge >= 0.3 is 5.63 Å². The number of anilines is 1. The quantitative estimate of drug-likeness (QED) is 0.214. The minimum atomic E-state index is -0.459. The van der Waals surface area contributed by atoms with Gasteiger partial charge in [-0.15, -0.1) is 11.3 Å². The average molecular weight is 416 g/mol. The van der Waals surface area contributed by atoms with Gasteiger partial charge in [0, 0.05) is 46.4 Å². The average Bonchev–Trinajstić information content (AvgIpc) is 3.24. The SMILES string of the molecule is N#CC(=CNc1ccc2oc(=O)ccc2c1)c1nc(-c2ccc([N+](=O)[O-])cc2)cs1. The number of nitrogens with one attached hydrogen (secondary N) is 1. The fraction of sp³-hybridized carbons (Fsp3) is 0. The minimum Gasteiger partial charge on any atom is -0.423 e. The molecule has 2 heterocycles. The molecule has 0 fully saturated rings. The number of rotatable bonds is 5. The fourth-order valence-electron chi connectivity index (χ4n) is 2.74. The van der Waals surface area contributed by atoms with Crippen LogP contribution in [0.1, 0.15) is 5.01 Å². The predicted molar refractivity (Wildman–Crippen MR) is 114 cm³/mol. The lowest BCUT2D eigenvalue weighted by Gasteiger charge is -2.03. The molecule has 9 heteroatoms. The van der Waals surface area contributed by atoms with Gasteiger partial charge in [0.05, 0.1) is 10.6 Å². The summed E-state index contributed by atoms with van der Waals surface area (Å²) in [7, 11) is 0. The summed E-state index contributed by atoms with van der Waals surface area (Å²) in [5.41, 5.74) is 2.48. The van der Waals surface area contributed by atoms with Crippen molar-refractivity contribution in [1.29, 1.82) is 5.26 Å². The van der Waals surface area contributed by atoms with E-state index in [0.29, 0.717) is 21.9 Å². The number of nitro benzene ring substituents is 1. The van der Waals surface area contributed by atoms with Crippen molar-refractivity contribution >= 4 is 39.3 Å². The van der Waals surface area contributed by atoms with E-state index in [-0.39, 0.29) is 5.69 Å². The van der Waals surface area contributed by atoms with Crippen LogP contribution in [-0.2, 0) is 0 Å². The molecule has 0 radical (unpaired) electrons. The lowest BCUT2D eigenvalue weighted by atomic mass is 10.1. The zero-order chi connectivity index (χ0) is 21.1. The maximum atomic E-state index is 11.3. The number of hydrogen-bond donors (Lipinski definition) is 1. The zero-order valence-corrected chi connectivity index (χ0v) is 16.1. The number of hydrogen-bond acceptors (Lipinski definition) is 8. The van der Waals surface area contributed by atoms with Gasteiger partial charge in [-0.3, -0.25) is 10.1 Å². The summed E-state index contributed by atoms with van der Waals surface area (Å²) < 4.78 is 5.10. The monoisotopic (exact) mass is 416 g/mol. The van der Waals surface area contributed by atoms with E-state index in [1.54, 1.807) is 48.0 Å². The van der Waals surface area contributed by atoms with E-state index in [4.69, 9.17) is 4.42 Å². The van der Waals surface area contributed by atoms with E-state index in [9.17, 15) is 20.2 Å². The van der Waals surface area contributed by atoms with E-state index in [1.807, 2.05) is 0 Å². The lowest BCUT2D eigenvalue weighted by molar-refractivity contribution is -0.384. The number of benzene rings is 2. The van der Waals surface area contributed by atoms with Crippen molar-refractivity contribution in [2.24, 2.45) is 0 Å². The third-order valence-corrected chi connectivity index (χ3v) is 5.11. The predicted octanol–water partition coefficient (Wildman–Crippen LogP) is 4.80. The third kappa shape index (κ3) is 3.94. The lowest BCUT2D eigenvalue weighted by Crippen LogP contribution is -1.95. The highest BCUT2D eigenvalue weighted by Crippen LogP contribution is 2.27. The molecule has 0 bridgehead atoms. The summed E-state index contributed by atoms with van der Waals surface area (Å²) >= 11 is 1.30.